The van der Waals surface area contributed by atoms with Crippen LogP contribution < -0.4 is 4.90 Å². The van der Waals surface area contributed by atoms with Crippen molar-refractivity contribution in [2.75, 3.05) is 18.1 Å². The lowest BCUT2D eigenvalue weighted by atomic mass is 9.94. The van der Waals surface area contributed by atoms with Gasteiger partial charge < -0.3 is 15.1 Å². The third-order valence-corrected chi connectivity index (χ3v) is 4.87. The van der Waals surface area contributed by atoms with Crippen molar-refractivity contribution in [3.8, 4) is 0 Å². The lowest BCUT2D eigenvalue weighted by Crippen LogP contribution is -2.39. The molecule has 0 unspecified atom stereocenters. The van der Waals surface area contributed by atoms with Crippen molar-refractivity contribution < 1.29 is 10.2 Å². The molecule has 110 valence electrons. The molecule has 0 bridgehead atoms. The first-order valence-corrected chi connectivity index (χ1v) is 8.16. The van der Waals surface area contributed by atoms with E-state index in [-0.39, 0.29) is 13.2 Å². The van der Waals surface area contributed by atoms with E-state index >= 15 is 0 Å². The normalized spacial score (nSPS) is 16.9. The van der Waals surface area contributed by atoms with Crippen LogP contribution in [0.1, 0.15) is 37.8 Å². The second kappa shape index (κ2) is 6.11. The van der Waals surface area contributed by atoms with Gasteiger partial charge in [-0.05, 0) is 12.8 Å². The minimum Gasteiger partial charge on any atom is -0.395 e. The van der Waals surface area contributed by atoms with Crippen molar-refractivity contribution in [3.63, 3.8) is 0 Å². The van der Waals surface area contributed by atoms with Crippen molar-refractivity contribution in [2.45, 2.75) is 44.8 Å². The maximum absolute atomic E-state index is 9.69. The van der Waals surface area contributed by atoms with E-state index in [2.05, 4.69) is 9.88 Å². The molecule has 2 N–H and O–H groups in total. The number of aliphatic hydroxyl groups is 2. The fourth-order valence-corrected chi connectivity index (χ4v) is 3.89. The van der Waals surface area contributed by atoms with Gasteiger partial charge in [0, 0.05) is 24.2 Å². The number of nitrogens with zero attached hydrogens (tertiary/aromatic N) is 3. The van der Waals surface area contributed by atoms with Crippen LogP contribution in [0.3, 0.4) is 0 Å². The lowest BCUT2D eigenvalue weighted by molar-refractivity contribution is 0.272. The van der Waals surface area contributed by atoms with Gasteiger partial charge in [0.05, 0.1) is 18.9 Å². The Morgan fingerprint density at radius 3 is 2.80 bits per heavy atom. The summed E-state index contributed by atoms with van der Waals surface area (Å²) < 4.78 is 1.95. The van der Waals surface area contributed by atoms with E-state index in [0.29, 0.717) is 12.6 Å². The predicted molar refractivity (Wildman–Crippen MR) is 80.3 cm³/mol. The van der Waals surface area contributed by atoms with Crippen LogP contribution in [-0.2, 0) is 6.61 Å². The van der Waals surface area contributed by atoms with Crippen LogP contribution in [0.15, 0.2) is 11.6 Å². The Morgan fingerprint density at radius 2 is 2.10 bits per heavy atom. The molecule has 1 fully saturated rings. The van der Waals surface area contributed by atoms with E-state index < -0.39 is 0 Å². The molecule has 2 aromatic heterocycles. The maximum Gasteiger partial charge on any atom is 0.195 e. The Bertz CT molecular complexity index is 560. The minimum absolute atomic E-state index is 0.0259. The second-order valence-corrected chi connectivity index (χ2v) is 6.18. The molecule has 0 spiro atoms. The first-order chi connectivity index (χ1) is 9.85. The van der Waals surface area contributed by atoms with Crippen molar-refractivity contribution >= 4 is 22.1 Å². The van der Waals surface area contributed by atoms with E-state index in [1.165, 1.54) is 19.3 Å². The van der Waals surface area contributed by atoms with Crippen molar-refractivity contribution in [2.24, 2.45) is 0 Å². The standard InChI is InChI=1S/C14H21N3O2S/c18-8-6-16(11-4-2-1-3-5-11)13-12(10-19)17-7-9-20-14(17)15-13/h7,9,11,18-19H,1-6,8,10H2. The molecule has 0 atom stereocenters. The van der Waals surface area contributed by atoms with Crippen molar-refractivity contribution in [1.29, 1.82) is 0 Å². The van der Waals surface area contributed by atoms with Crippen molar-refractivity contribution in [1.82, 2.24) is 9.38 Å². The zero-order valence-electron chi connectivity index (χ0n) is 11.5. The van der Waals surface area contributed by atoms with E-state index in [9.17, 15) is 10.2 Å². The quantitative estimate of drug-likeness (QED) is 0.886. The molecule has 5 nitrogen and oxygen atoms in total. The fourth-order valence-electron chi connectivity index (χ4n) is 3.16. The van der Waals surface area contributed by atoms with Gasteiger partial charge in [-0.1, -0.05) is 19.3 Å². The summed E-state index contributed by atoms with van der Waals surface area (Å²) in [5, 5.41) is 21.0. The number of fused-ring (bicyclic) bond motifs is 1. The average Bonchev–Trinajstić information content (AvgIpc) is 3.06. The molecule has 0 aliphatic heterocycles. The minimum atomic E-state index is -0.0259. The highest BCUT2D eigenvalue weighted by molar-refractivity contribution is 7.15. The lowest BCUT2D eigenvalue weighted by Gasteiger charge is -2.34. The largest absolute Gasteiger partial charge is 0.395 e. The maximum atomic E-state index is 9.69. The molecule has 0 saturated heterocycles. The molecule has 2 heterocycles. The molecule has 6 heteroatoms. The van der Waals surface area contributed by atoms with Gasteiger partial charge in [0.25, 0.3) is 0 Å². The average molecular weight is 295 g/mol. The monoisotopic (exact) mass is 295 g/mol. The molecule has 2 aromatic rings. The number of thiazole rings is 1. The van der Waals surface area contributed by atoms with Gasteiger partial charge in [0.2, 0.25) is 0 Å². The number of hydrogen-bond acceptors (Lipinski definition) is 5. The van der Waals surface area contributed by atoms with Gasteiger partial charge >= 0.3 is 0 Å². The number of imidazole rings is 1. The Labute approximate surface area is 122 Å². The molecule has 1 saturated carbocycles. The molecule has 3 rings (SSSR count). The molecule has 1 aliphatic rings. The number of anilines is 1. The van der Waals surface area contributed by atoms with Gasteiger partial charge in [-0.25, -0.2) is 4.98 Å². The molecule has 1 aliphatic carbocycles. The zero-order valence-corrected chi connectivity index (χ0v) is 12.3. The highest BCUT2D eigenvalue weighted by atomic mass is 32.1. The summed E-state index contributed by atoms with van der Waals surface area (Å²) in [5.41, 5.74) is 0.834. The molecule has 20 heavy (non-hydrogen) atoms. The predicted octanol–water partition coefficient (Wildman–Crippen LogP) is 2.02. The van der Waals surface area contributed by atoms with Crippen molar-refractivity contribution in [3.05, 3.63) is 17.3 Å². The van der Waals surface area contributed by atoms with Gasteiger partial charge in [-0.15, -0.1) is 11.3 Å². The second-order valence-electron chi connectivity index (χ2n) is 5.30. The van der Waals surface area contributed by atoms with Crippen LogP contribution in [0.5, 0.6) is 0 Å². The molecule has 0 radical (unpaired) electrons. The summed E-state index contributed by atoms with van der Waals surface area (Å²) in [4.78, 5) is 7.78. The highest BCUT2D eigenvalue weighted by Gasteiger charge is 2.26. The van der Waals surface area contributed by atoms with Gasteiger partial charge in [-0.2, -0.15) is 0 Å². The Balaban J connectivity index is 1.97. The summed E-state index contributed by atoms with van der Waals surface area (Å²) in [6.45, 7) is 0.678. The molecule has 0 aromatic carbocycles. The Morgan fingerprint density at radius 1 is 1.30 bits per heavy atom. The fraction of sp³-hybridized carbons (Fsp3) is 0.643. The number of hydrogen-bond donors (Lipinski definition) is 2. The Kier molecular flexibility index (Phi) is 4.24. The van der Waals surface area contributed by atoms with Gasteiger partial charge in [0.1, 0.15) is 0 Å². The van der Waals surface area contributed by atoms with E-state index in [1.54, 1.807) is 11.3 Å². The highest BCUT2D eigenvalue weighted by Crippen LogP contribution is 2.30. The van der Waals surface area contributed by atoms with Gasteiger partial charge in [-0.3, -0.25) is 4.40 Å². The van der Waals surface area contributed by atoms with Crippen LogP contribution in [0.2, 0.25) is 0 Å². The molecular formula is C14H21N3O2S. The van der Waals surface area contributed by atoms with E-state index in [1.807, 2.05) is 16.0 Å². The summed E-state index contributed by atoms with van der Waals surface area (Å²) >= 11 is 1.57. The van der Waals surface area contributed by atoms with E-state index in [0.717, 1.165) is 29.3 Å². The number of rotatable bonds is 5. The van der Waals surface area contributed by atoms with Crippen LogP contribution in [0.4, 0.5) is 5.82 Å². The summed E-state index contributed by atoms with van der Waals surface area (Å²) in [5.74, 6) is 0.848. The van der Waals surface area contributed by atoms with Crippen LogP contribution in [0.25, 0.3) is 4.96 Å². The Hall–Kier alpha value is -1.11. The van der Waals surface area contributed by atoms with Crippen LogP contribution in [-0.4, -0.2) is 38.8 Å². The smallest absolute Gasteiger partial charge is 0.195 e. The van der Waals surface area contributed by atoms with Crippen LogP contribution >= 0.6 is 11.3 Å². The van der Waals surface area contributed by atoms with Crippen LogP contribution in [0, 0.1) is 0 Å². The summed E-state index contributed by atoms with van der Waals surface area (Å²) in [7, 11) is 0. The topological polar surface area (TPSA) is 61.0 Å². The first-order valence-electron chi connectivity index (χ1n) is 7.28. The summed E-state index contributed by atoms with van der Waals surface area (Å²) in [6, 6.07) is 0.436. The zero-order chi connectivity index (χ0) is 13.9. The van der Waals surface area contributed by atoms with Gasteiger partial charge in [0.15, 0.2) is 10.8 Å². The SMILES string of the molecule is OCCN(c1nc2sccn2c1CO)C1CCCCC1. The molecular weight excluding hydrogens is 274 g/mol. The first kappa shape index (κ1) is 13.9. The number of aliphatic hydroxyl groups excluding tert-OH is 2. The third-order valence-electron chi connectivity index (χ3n) is 4.12. The van der Waals surface area contributed by atoms with E-state index in [4.69, 9.17) is 0 Å². The summed E-state index contributed by atoms with van der Waals surface area (Å²) in [6.07, 6.45) is 8.02. The molecule has 0 amide bonds. The third kappa shape index (κ3) is 2.43. The number of aromatic nitrogens is 2.